The van der Waals surface area contributed by atoms with E-state index >= 15 is 0 Å². The summed E-state index contributed by atoms with van der Waals surface area (Å²) in [6, 6.07) is 3.41. The smallest absolute Gasteiger partial charge is 0.316 e. The first kappa shape index (κ1) is 13.4. The molecule has 19 heavy (non-hydrogen) atoms. The van der Waals surface area contributed by atoms with Crippen molar-refractivity contribution in [3.63, 3.8) is 0 Å². The number of hydrogen-bond acceptors (Lipinski definition) is 4. The number of nitrogens with one attached hydrogen (secondary N) is 2. The Hall–Kier alpha value is -2.02. The Labute approximate surface area is 115 Å². The summed E-state index contributed by atoms with van der Waals surface area (Å²) in [6.07, 6.45) is 1.68. The molecule has 0 unspecified atom stereocenters. The maximum Gasteiger partial charge on any atom is 0.316 e. The van der Waals surface area contributed by atoms with Crippen LogP contribution < -0.4 is 10.6 Å². The predicted octanol–water partition coefficient (Wildman–Crippen LogP) is 1.07. The van der Waals surface area contributed by atoms with Crippen molar-refractivity contribution in [2.75, 3.05) is 32.5 Å². The van der Waals surface area contributed by atoms with E-state index in [1.165, 1.54) is 4.90 Å². The van der Waals surface area contributed by atoms with Gasteiger partial charge in [-0.05, 0) is 12.1 Å². The lowest BCUT2D eigenvalue weighted by molar-refractivity contribution is 0.218. The van der Waals surface area contributed by atoms with Crippen molar-refractivity contribution in [3.05, 3.63) is 23.4 Å². The van der Waals surface area contributed by atoms with E-state index in [0.29, 0.717) is 29.7 Å². The van der Waals surface area contributed by atoms with Crippen LogP contribution in [0, 0.1) is 0 Å². The molecule has 0 saturated carbocycles. The summed E-state index contributed by atoms with van der Waals surface area (Å²) in [5.41, 5.74) is 0.712. The standard InChI is InChI=1S/C11H15ClN6O/c1-17(2)11(19)14-6-5-13-10-15-9-4-3-8(12)7-18(9)16-10/h3-4,7H,5-6H2,1-2H3,(H,13,16)(H,14,19). The van der Waals surface area contributed by atoms with Crippen LogP contribution >= 0.6 is 11.6 Å². The van der Waals surface area contributed by atoms with Crippen LogP contribution in [0.2, 0.25) is 5.02 Å². The minimum atomic E-state index is -0.128. The minimum Gasteiger partial charge on any atom is -0.351 e. The molecule has 0 aliphatic heterocycles. The van der Waals surface area contributed by atoms with Crippen LogP contribution in [0.25, 0.3) is 5.65 Å². The van der Waals surface area contributed by atoms with Crippen LogP contribution in [0.15, 0.2) is 18.3 Å². The van der Waals surface area contributed by atoms with Gasteiger partial charge in [-0.1, -0.05) is 11.6 Å². The van der Waals surface area contributed by atoms with Gasteiger partial charge in [0, 0.05) is 33.4 Å². The van der Waals surface area contributed by atoms with Crippen molar-refractivity contribution in [2.24, 2.45) is 0 Å². The Morgan fingerprint density at radius 2 is 2.21 bits per heavy atom. The molecule has 0 atom stereocenters. The number of carbonyl (C=O) groups excluding carboxylic acids is 1. The number of anilines is 1. The average molecular weight is 283 g/mol. The van der Waals surface area contributed by atoms with E-state index < -0.39 is 0 Å². The van der Waals surface area contributed by atoms with Gasteiger partial charge in [0.1, 0.15) is 0 Å². The van der Waals surface area contributed by atoms with Crippen LogP contribution in [0.4, 0.5) is 10.7 Å². The second kappa shape index (κ2) is 5.75. The van der Waals surface area contributed by atoms with Crippen molar-refractivity contribution < 1.29 is 4.79 Å². The summed E-state index contributed by atoms with van der Waals surface area (Å²) in [7, 11) is 3.38. The van der Waals surface area contributed by atoms with Crippen molar-refractivity contribution >= 4 is 29.2 Å². The maximum absolute atomic E-state index is 11.3. The normalized spacial score (nSPS) is 10.5. The summed E-state index contributed by atoms with van der Waals surface area (Å²) in [5, 5.41) is 10.6. The van der Waals surface area contributed by atoms with Crippen molar-refractivity contribution in [3.8, 4) is 0 Å². The number of fused-ring (bicyclic) bond motifs is 1. The van der Waals surface area contributed by atoms with Gasteiger partial charge in [-0.2, -0.15) is 4.98 Å². The number of hydrogen-bond donors (Lipinski definition) is 2. The van der Waals surface area contributed by atoms with Crippen LogP contribution in [-0.4, -0.2) is 52.7 Å². The molecular weight excluding hydrogens is 268 g/mol. The molecule has 0 saturated heterocycles. The highest BCUT2D eigenvalue weighted by Gasteiger charge is 2.04. The van der Waals surface area contributed by atoms with E-state index in [9.17, 15) is 4.79 Å². The molecule has 2 N–H and O–H groups in total. The molecule has 0 fully saturated rings. The highest BCUT2D eigenvalue weighted by molar-refractivity contribution is 6.30. The Morgan fingerprint density at radius 3 is 2.95 bits per heavy atom. The number of halogens is 1. The van der Waals surface area contributed by atoms with Crippen molar-refractivity contribution in [1.82, 2.24) is 24.8 Å². The number of rotatable bonds is 4. The second-order valence-corrected chi connectivity index (χ2v) is 4.58. The molecule has 0 aromatic carbocycles. The van der Waals surface area contributed by atoms with Crippen molar-refractivity contribution in [1.29, 1.82) is 0 Å². The van der Waals surface area contributed by atoms with Crippen molar-refractivity contribution in [2.45, 2.75) is 0 Å². The second-order valence-electron chi connectivity index (χ2n) is 4.14. The van der Waals surface area contributed by atoms with Crippen LogP contribution in [-0.2, 0) is 0 Å². The Bertz CT molecular complexity index is 582. The Morgan fingerprint density at radius 1 is 1.42 bits per heavy atom. The Kier molecular flexibility index (Phi) is 4.06. The molecule has 2 aromatic heterocycles. The highest BCUT2D eigenvalue weighted by Crippen LogP contribution is 2.10. The van der Waals surface area contributed by atoms with Gasteiger partial charge in [0.25, 0.3) is 0 Å². The van der Waals surface area contributed by atoms with Gasteiger partial charge in [-0.25, -0.2) is 9.31 Å². The third-order valence-corrected chi connectivity index (χ3v) is 2.61. The first-order valence-corrected chi connectivity index (χ1v) is 6.15. The summed E-state index contributed by atoms with van der Waals surface area (Å²) >= 11 is 5.86. The van der Waals surface area contributed by atoms with Gasteiger partial charge in [0.05, 0.1) is 5.02 Å². The highest BCUT2D eigenvalue weighted by atomic mass is 35.5. The van der Waals surface area contributed by atoms with Gasteiger partial charge in [-0.15, -0.1) is 5.10 Å². The zero-order valence-corrected chi connectivity index (χ0v) is 11.5. The zero-order chi connectivity index (χ0) is 13.8. The van der Waals surface area contributed by atoms with Crippen LogP contribution in [0.1, 0.15) is 0 Å². The first-order chi connectivity index (χ1) is 9.06. The molecule has 0 bridgehead atoms. The quantitative estimate of drug-likeness (QED) is 0.823. The summed E-state index contributed by atoms with van der Waals surface area (Å²) in [4.78, 5) is 17.0. The molecule has 0 aliphatic rings. The maximum atomic E-state index is 11.3. The van der Waals surface area contributed by atoms with E-state index in [-0.39, 0.29) is 6.03 Å². The molecule has 8 heteroatoms. The lowest BCUT2D eigenvalue weighted by Gasteiger charge is -2.11. The molecule has 2 heterocycles. The number of carbonyl (C=O) groups is 1. The summed E-state index contributed by atoms with van der Waals surface area (Å²) < 4.78 is 1.60. The third kappa shape index (κ3) is 3.47. The molecule has 0 spiro atoms. The Balaban J connectivity index is 1.86. The van der Waals surface area contributed by atoms with Gasteiger partial charge in [0.15, 0.2) is 5.65 Å². The molecular formula is C11H15ClN6O. The SMILES string of the molecule is CN(C)C(=O)NCCNc1nc2ccc(Cl)cn2n1. The molecule has 0 aliphatic carbocycles. The van der Waals surface area contributed by atoms with Gasteiger partial charge in [-0.3, -0.25) is 0 Å². The third-order valence-electron chi connectivity index (χ3n) is 2.39. The van der Waals surface area contributed by atoms with Gasteiger partial charge in [0.2, 0.25) is 5.95 Å². The monoisotopic (exact) mass is 282 g/mol. The fourth-order valence-corrected chi connectivity index (χ4v) is 1.59. The number of pyridine rings is 1. The van der Waals surface area contributed by atoms with Crippen LogP contribution in [0.5, 0.6) is 0 Å². The average Bonchev–Trinajstić information content (AvgIpc) is 2.75. The molecule has 2 aromatic rings. The topological polar surface area (TPSA) is 74.6 Å². The predicted molar refractivity (Wildman–Crippen MR) is 73.6 cm³/mol. The zero-order valence-electron chi connectivity index (χ0n) is 10.7. The van der Waals surface area contributed by atoms with E-state index in [1.54, 1.807) is 36.9 Å². The fourth-order valence-electron chi connectivity index (χ4n) is 1.43. The summed E-state index contributed by atoms with van der Waals surface area (Å²) in [5.74, 6) is 0.501. The van der Waals surface area contributed by atoms with E-state index in [1.807, 2.05) is 0 Å². The van der Waals surface area contributed by atoms with E-state index in [0.717, 1.165) is 0 Å². The molecule has 2 amide bonds. The first-order valence-electron chi connectivity index (χ1n) is 5.77. The molecule has 0 radical (unpaired) electrons. The lowest BCUT2D eigenvalue weighted by Crippen LogP contribution is -2.37. The van der Waals surface area contributed by atoms with Crippen LogP contribution in [0.3, 0.4) is 0 Å². The van der Waals surface area contributed by atoms with E-state index in [4.69, 9.17) is 11.6 Å². The molecule has 2 rings (SSSR count). The molecule has 102 valence electrons. The van der Waals surface area contributed by atoms with Gasteiger partial charge >= 0.3 is 6.03 Å². The number of aromatic nitrogens is 3. The van der Waals surface area contributed by atoms with E-state index in [2.05, 4.69) is 20.7 Å². The minimum absolute atomic E-state index is 0.128. The number of amides is 2. The number of nitrogens with zero attached hydrogens (tertiary/aromatic N) is 4. The summed E-state index contributed by atoms with van der Waals surface area (Å²) in [6.45, 7) is 1.04. The van der Waals surface area contributed by atoms with Gasteiger partial charge < -0.3 is 15.5 Å². The largest absolute Gasteiger partial charge is 0.351 e. The molecule has 7 nitrogen and oxygen atoms in total. The lowest BCUT2D eigenvalue weighted by atomic mass is 10.5. The number of urea groups is 1. The fraction of sp³-hybridized carbons (Fsp3) is 0.364.